The van der Waals surface area contributed by atoms with Gasteiger partial charge in [-0.1, -0.05) is 36.4 Å². The van der Waals surface area contributed by atoms with Crippen LogP contribution in [0.5, 0.6) is 0 Å². The minimum absolute atomic E-state index is 0.00410. The quantitative estimate of drug-likeness (QED) is 0.732. The summed E-state index contributed by atoms with van der Waals surface area (Å²) < 4.78 is 25.8. The third-order valence-corrected chi connectivity index (χ3v) is 7.41. The summed E-state index contributed by atoms with van der Waals surface area (Å²) in [6.07, 6.45) is 2.45. The fourth-order valence-electron chi connectivity index (χ4n) is 3.91. The van der Waals surface area contributed by atoms with E-state index >= 15 is 0 Å². The molecule has 2 aromatic rings. The van der Waals surface area contributed by atoms with Crippen molar-refractivity contribution in [2.24, 2.45) is 0 Å². The summed E-state index contributed by atoms with van der Waals surface area (Å²) in [5.41, 5.74) is 2.39. The van der Waals surface area contributed by atoms with E-state index in [-0.39, 0.29) is 29.3 Å². The Morgan fingerprint density at radius 2 is 1.63 bits per heavy atom. The molecule has 0 bridgehead atoms. The van der Waals surface area contributed by atoms with Gasteiger partial charge in [0.25, 0.3) is 15.9 Å². The number of fused-ring (bicyclic) bond motifs is 1. The van der Waals surface area contributed by atoms with E-state index in [1.54, 1.807) is 12.1 Å². The first-order chi connectivity index (χ1) is 14.4. The number of hydrogen-bond acceptors (Lipinski definition) is 5. The van der Waals surface area contributed by atoms with Gasteiger partial charge in [0, 0.05) is 26.1 Å². The number of benzene rings is 2. The van der Waals surface area contributed by atoms with Gasteiger partial charge < -0.3 is 5.32 Å². The van der Waals surface area contributed by atoms with E-state index in [0.717, 1.165) is 29.5 Å². The van der Waals surface area contributed by atoms with Crippen molar-refractivity contribution >= 4 is 21.8 Å². The molecule has 158 valence electrons. The SMILES string of the molecule is O=C(CCN1C(=O)c2ccccc2S1(=O)=O)NCc1ccc(CN2CCCC2)cc1. The molecule has 2 heterocycles. The number of amides is 2. The second-order valence-electron chi connectivity index (χ2n) is 7.70. The van der Waals surface area contributed by atoms with E-state index in [1.165, 1.54) is 30.5 Å². The molecule has 8 heteroatoms. The normalized spacial score (nSPS) is 17.9. The highest BCUT2D eigenvalue weighted by molar-refractivity contribution is 7.90. The molecule has 1 saturated heterocycles. The highest BCUT2D eigenvalue weighted by Crippen LogP contribution is 2.29. The first-order valence-corrected chi connectivity index (χ1v) is 11.6. The summed E-state index contributed by atoms with van der Waals surface area (Å²) in [4.78, 5) is 27.0. The van der Waals surface area contributed by atoms with E-state index in [9.17, 15) is 18.0 Å². The van der Waals surface area contributed by atoms with Crippen LogP contribution in [0.2, 0.25) is 0 Å². The van der Waals surface area contributed by atoms with Crippen LogP contribution in [0, 0.1) is 0 Å². The molecule has 2 amide bonds. The first kappa shape index (κ1) is 20.6. The lowest BCUT2D eigenvalue weighted by molar-refractivity contribution is -0.121. The highest BCUT2D eigenvalue weighted by atomic mass is 32.2. The number of sulfonamides is 1. The van der Waals surface area contributed by atoms with Crippen LogP contribution in [0.1, 0.15) is 40.7 Å². The van der Waals surface area contributed by atoms with Crippen LogP contribution < -0.4 is 5.32 Å². The van der Waals surface area contributed by atoms with Gasteiger partial charge in [0.1, 0.15) is 4.90 Å². The minimum atomic E-state index is -3.87. The van der Waals surface area contributed by atoms with E-state index in [2.05, 4.69) is 22.3 Å². The topological polar surface area (TPSA) is 86.8 Å². The van der Waals surface area contributed by atoms with Crippen molar-refractivity contribution in [3.8, 4) is 0 Å². The van der Waals surface area contributed by atoms with Crippen molar-refractivity contribution in [1.82, 2.24) is 14.5 Å². The molecular formula is C22H25N3O4S. The molecule has 4 rings (SSSR count). The molecule has 0 unspecified atom stereocenters. The van der Waals surface area contributed by atoms with Crippen molar-refractivity contribution in [3.05, 3.63) is 65.2 Å². The number of hydrogen-bond donors (Lipinski definition) is 1. The third kappa shape index (κ3) is 4.24. The lowest BCUT2D eigenvalue weighted by atomic mass is 10.1. The zero-order valence-electron chi connectivity index (χ0n) is 16.7. The molecule has 1 fully saturated rings. The summed E-state index contributed by atoms with van der Waals surface area (Å²) in [5.74, 6) is -0.873. The van der Waals surface area contributed by atoms with Gasteiger partial charge in [-0.3, -0.25) is 14.5 Å². The van der Waals surface area contributed by atoms with E-state index < -0.39 is 15.9 Å². The number of rotatable bonds is 7. The zero-order valence-corrected chi connectivity index (χ0v) is 17.5. The summed E-state index contributed by atoms with van der Waals surface area (Å²) in [7, 11) is -3.87. The van der Waals surface area contributed by atoms with Gasteiger partial charge in [-0.15, -0.1) is 0 Å². The fourth-order valence-corrected chi connectivity index (χ4v) is 5.48. The summed E-state index contributed by atoms with van der Waals surface area (Å²) in [6, 6.07) is 14.3. The van der Waals surface area contributed by atoms with Crippen LogP contribution in [-0.4, -0.2) is 49.1 Å². The van der Waals surface area contributed by atoms with Crippen LogP contribution in [0.4, 0.5) is 0 Å². The summed E-state index contributed by atoms with van der Waals surface area (Å²) >= 11 is 0. The summed E-state index contributed by atoms with van der Waals surface area (Å²) in [5, 5.41) is 2.80. The lowest BCUT2D eigenvalue weighted by Crippen LogP contribution is -2.34. The second-order valence-corrected chi connectivity index (χ2v) is 9.54. The second kappa shape index (κ2) is 8.57. The molecule has 2 aliphatic heterocycles. The Bertz CT molecular complexity index is 1040. The molecule has 0 saturated carbocycles. The van der Waals surface area contributed by atoms with Gasteiger partial charge >= 0.3 is 0 Å². The maximum absolute atomic E-state index is 12.5. The van der Waals surface area contributed by atoms with Crippen molar-refractivity contribution < 1.29 is 18.0 Å². The molecule has 1 N–H and O–H groups in total. The minimum Gasteiger partial charge on any atom is -0.352 e. The molecular weight excluding hydrogens is 402 g/mol. The molecule has 30 heavy (non-hydrogen) atoms. The van der Waals surface area contributed by atoms with Crippen molar-refractivity contribution in [1.29, 1.82) is 0 Å². The Labute approximate surface area is 176 Å². The molecule has 0 radical (unpaired) electrons. The van der Waals surface area contributed by atoms with Gasteiger partial charge in [0.2, 0.25) is 5.91 Å². The standard InChI is InChI=1S/C22H25N3O4S/c26-21(11-14-25-22(27)19-5-1-2-6-20(19)30(25,28)29)23-15-17-7-9-18(10-8-17)16-24-12-3-4-13-24/h1-2,5-10H,3-4,11-16H2,(H,23,26). The Morgan fingerprint density at radius 3 is 2.33 bits per heavy atom. The number of carbonyl (C=O) groups is 2. The third-order valence-electron chi connectivity index (χ3n) is 5.57. The smallest absolute Gasteiger partial charge is 0.269 e. The molecule has 0 aliphatic carbocycles. The molecule has 0 atom stereocenters. The Hall–Kier alpha value is -2.71. The largest absolute Gasteiger partial charge is 0.352 e. The van der Waals surface area contributed by atoms with E-state index in [1.807, 2.05) is 12.1 Å². The maximum Gasteiger partial charge on any atom is 0.269 e. The van der Waals surface area contributed by atoms with Crippen LogP contribution in [0.15, 0.2) is 53.4 Å². The average Bonchev–Trinajstić information content (AvgIpc) is 3.32. The predicted molar refractivity (Wildman–Crippen MR) is 112 cm³/mol. The molecule has 7 nitrogen and oxygen atoms in total. The number of carbonyl (C=O) groups excluding carboxylic acids is 2. The van der Waals surface area contributed by atoms with Crippen molar-refractivity contribution in [2.75, 3.05) is 19.6 Å². The molecule has 0 aromatic heterocycles. The van der Waals surface area contributed by atoms with Crippen LogP contribution in [0.3, 0.4) is 0 Å². The van der Waals surface area contributed by atoms with Gasteiger partial charge in [-0.25, -0.2) is 12.7 Å². The maximum atomic E-state index is 12.5. The average molecular weight is 428 g/mol. The van der Waals surface area contributed by atoms with E-state index in [4.69, 9.17) is 0 Å². The first-order valence-electron chi connectivity index (χ1n) is 10.2. The predicted octanol–water partition coefficient (Wildman–Crippen LogP) is 2.13. The van der Waals surface area contributed by atoms with E-state index in [0.29, 0.717) is 6.54 Å². The fraction of sp³-hybridized carbons (Fsp3) is 0.364. The van der Waals surface area contributed by atoms with Crippen LogP contribution in [0.25, 0.3) is 0 Å². The summed E-state index contributed by atoms with van der Waals surface area (Å²) in [6.45, 7) is 3.45. The van der Waals surface area contributed by atoms with Crippen LogP contribution in [-0.2, 0) is 27.9 Å². The zero-order chi connectivity index (χ0) is 21.1. The number of nitrogens with one attached hydrogen (secondary N) is 1. The molecule has 0 spiro atoms. The van der Waals surface area contributed by atoms with Crippen molar-refractivity contribution in [2.45, 2.75) is 37.2 Å². The number of likely N-dealkylation sites (tertiary alicyclic amines) is 1. The number of nitrogens with zero attached hydrogens (tertiary/aromatic N) is 2. The molecule has 2 aromatic carbocycles. The monoisotopic (exact) mass is 427 g/mol. The van der Waals surface area contributed by atoms with Crippen LogP contribution >= 0.6 is 0 Å². The van der Waals surface area contributed by atoms with Gasteiger partial charge in [-0.05, 0) is 49.2 Å². The van der Waals surface area contributed by atoms with Gasteiger partial charge in [0.05, 0.1) is 5.56 Å². The highest BCUT2D eigenvalue weighted by Gasteiger charge is 2.40. The Morgan fingerprint density at radius 1 is 0.967 bits per heavy atom. The Kier molecular flexibility index (Phi) is 5.87. The van der Waals surface area contributed by atoms with Crippen molar-refractivity contribution in [3.63, 3.8) is 0 Å². The van der Waals surface area contributed by atoms with Gasteiger partial charge in [-0.2, -0.15) is 0 Å². The Balaban J connectivity index is 1.27. The lowest BCUT2D eigenvalue weighted by Gasteiger charge is -2.15. The molecule has 2 aliphatic rings. The van der Waals surface area contributed by atoms with Gasteiger partial charge in [0.15, 0.2) is 0 Å².